The van der Waals surface area contributed by atoms with Crippen molar-refractivity contribution >= 4 is 10.0 Å². The van der Waals surface area contributed by atoms with Gasteiger partial charge in [0.2, 0.25) is 5.09 Å². The van der Waals surface area contributed by atoms with Gasteiger partial charge in [-0.05, 0) is 24.6 Å². The van der Waals surface area contributed by atoms with Crippen molar-refractivity contribution in [1.82, 2.24) is 9.80 Å². The minimum atomic E-state index is -3.78. The Bertz CT molecular complexity index is 606. The SMILES string of the molecule is CN(Cc1ccc(S(N)(=O)=O)o1)CC(C)(C)CN1CCOCC1. The number of hydrogen-bond acceptors (Lipinski definition) is 6. The molecule has 1 aliphatic heterocycles. The van der Waals surface area contributed by atoms with Crippen molar-refractivity contribution in [2.24, 2.45) is 10.6 Å². The van der Waals surface area contributed by atoms with Crippen molar-refractivity contribution in [3.63, 3.8) is 0 Å². The van der Waals surface area contributed by atoms with Gasteiger partial charge in [-0.25, -0.2) is 13.6 Å². The van der Waals surface area contributed by atoms with Crippen molar-refractivity contribution in [2.75, 3.05) is 46.4 Å². The topological polar surface area (TPSA) is 89.0 Å². The van der Waals surface area contributed by atoms with E-state index in [0.717, 1.165) is 39.4 Å². The third-order valence-corrected chi connectivity index (χ3v) is 4.58. The van der Waals surface area contributed by atoms with Gasteiger partial charge in [-0.1, -0.05) is 13.8 Å². The third kappa shape index (κ3) is 5.89. The summed E-state index contributed by atoms with van der Waals surface area (Å²) < 4.78 is 33.2. The van der Waals surface area contributed by atoms with Crippen LogP contribution >= 0.6 is 0 Å². The molecule has 0 aromatic carbocycles. The molecule has 2 heterocycles. The molecule has 2 rings (SSSR count). The van der Waals surface area contributed by atoms with Gasteiger partial charge < -0.3 is 9.15 Å². The Labute approximate surface area is 138 Å². The first-order valence-corrected chi connectivity index (χ1v) is 9.30. The van der Waals surface area contributed by atoms with Crippen LogP contribution in [0.15, 0.2) is 21.6 Å². The molecular weight excluding hydrogens is 318 g/mol. The third-order valence-electron chi connectivity index (χ3n) is 3.80. The number of hydrogen-bond donors (Lipinski definition) is 1. The predicted octanol–water partition coefficient (Wildman–Crippen LogP) is 0.717. The van der Waals surface area contributed by atoms with E-state index in [-0.39, 0.29) is 10.5 Å². The van der Waals surface area contributed by atoms with Crippen molar-refractivity contribution in [2.45, 2.75) is 25.5 Å². The van der Waals surface area contributed by atoms with Crippen molar-refractivity contribution in [3.05, 3.63) is 17.9 Å². The Morgan fingerprint density at radius 1 is 1.30 bits per heavy atom. The quantitative estimate of drug-likeness (QED) is 0.783. The number of morpholine rings is 1. The molecule has 0 saturated carbocycles. The molecule has 1 fully saturated rings. The molecule has 0 amide bonds. The van der Waals surface area contributed by atoms with Crippen LogP contribution in [0, 0.1) is 5.41 Å². The zero-order chi connectivity index (χ0) is 17.1. The fraction of sp³-hybridized carbons (Fsp3) is 0.733. The Balaban J connectivity index is 1.87. The second kappa shape index (κ2) is 7.31. The lowest BCUT2D eigenvalue weighted by atomic mass is 9.92. The van der Waals surface area contributed by atoms with E-state index in [1.807, 2.05) is 7.05 Å². The number of ether oxygens (including phenoxy) is 1. The van der Waals surface area contributed by atoms with E-state index in [9.17, 15) is 8.42 Å². The summed E-state index contributed by atoms with van der Waals surface area (Å²) in [6, 6.07) is 3.06. The fourth-order valence-electron chi connectivity index (χ4n) is 3.06. The summed E-state index contributed by atoms with van der Waals surface area (Å²) in [6.45, 7) is 10.4. The monoisotopic (exact) mass is 345 g/mol. The first kappa shape index (κ1) is 18.4. The zero-order valence-corrected chi connectivity index (χ0v) is 14.9. The van der Waals surface area contributed by atoms with Crippen LogP contribution < -0.4 is 5.14 Å². The first-order chi connectivity index (χ1) is 10.7. The van der Waals surface area contributed by atoms with E-state index >= 15 is 0 Å². The molecule has 1 aromatic rings. The minimum Gasteiger partial charge on any atom is -0.447 e. The van der Waals surface area contributed by atoms with Crippen LogP contribution in [0.2, 0.25) is 0 Å². The lowest BCUT2D eigenvalue weighted by Crippen LogP contribution is -2.45. The Hall–Kier alpha value is -0.930. The molecular formula is C15H27N3O4S. The van der Waals surface area contributed by atoms with E-state index in [0.29, 0.717) is 12.3 Å². The molecule has 7 nitrogen and oxygen atoms in total. The molecule has 1 aromatic heterocycles. The van der Waals surface area contributed by atoms with Gasteiger partial charge in [0.1, 0.15) is 5.76 Å². The zero-order valence-electron chi connectivity index (χ0n) is 14.1. The number of primary sulfonamides is 1. The number of furan rings is 1. The number of nitrogens with zero attached hydrogens (tertiary/aromatic N) is 2. The van der Waals surface area contributed by atoms with Gasteiger partial charge in [0.05, 0.1) is 19.8 Å². The second-order valence-electron chi connectivity index (χ2n) is 6.99. The molecule has 0 spiro atoms. The molecule has 8 heteroatoms. The Kier molecular flexibility index (Phi) is 5.85. The molecule has 1 saturated heterocycles. The Morgan fingerprint density at radius 3 is 2.52 bits per heavy atom. The van der Waals surface area contributed by atoms with E-state index in [4.69, 9.17) is 14.3 Å². The highest BCUT2D eigenvalue weighted by Crippen LogP contribution is 2.21. The smallest absolute Gasteiger partial charge is 0.271 e. The van der Waals surface area contributed by atoms with Gasteiger partial charge in [-0.3, -0.25) is 9.80 Å². The molecule has 0 aliphatic carbocycles. The highest BCUT2D eigenvalue weighted by atomic mass is 32.2. The summed E-state index contributed by atoms with van der Waals surface area (Å²) in [5, 5.41) is 4.87. The number of rotatable bonds is 7. The first-order valence-electron chi connectivity index (χ1n) is 7.76. The molecule has 23 heavy (non-hydrogen) atoms. The van der Waals surface area contributed by atoms with Crippen LogP contribution in [0.25, 0.3) is 0 Å². The lowest BCUT2D eigenvalue weighted by molar-refractivity contribution is 0.0158. The minimum absolute atomic E-state index is 0.113. The second-order valence-corrected chi connectivity index (χ2v) is 8.48. The van der Waals surface area contributed by atoms with Crippen molar-refractivity contribution in [1.29, 1.82) is 0 Å². The van der Waals surface area contributed by atoms with Crippen LogP contribution in [-0.2, 0) is 21.3 Å². The maximum Gasteiger partial charge on any atom is 0.271 e. The molecule has 132 valence electrons. The average Bonchev–Trinajstić information content (AvgIpc) is 2.86. The fourth-order valence-corrected chi connectivity index (χ4v) is 3.54. The molecule has 0 unspecified atom stereocenters. The van der Waals surface area contributed by atoms with Gasteiger partial charge in [-0.2, -0.15) is 0 Å². The predicted molar refractivity (Wildman–Crippen MR) is 87.5 cm³/mol. The largest absolute Gasteiger partial charge is 0.447 e. The van der Waals surface area contributed by atoms with E-state index in [1.165, 1.54) is 6.07 Å². The maximum atomic E-state index is 11.2. The summed E-state index contributed by atoms with van der Waals surface area (Å²) in [5.74, 6) is 0.596. The van der Waals surface area contributed by atoms with Crippen LogP contribution in [0.3, 0.4) is 0 Å². The number of sulfonamides is 1. The van der Waals surface area contributed by atoms with Gasteiger partial charge >= 0.3 is 0 Å². The highest BCUT2D eigenvalue weighted by Gasteiger charge is 2.25. The summed E-state index contributed by atoms with van der Waals surface area (Å²) in [6.07, 6.45) is 0. The van der Waals surface area contributed by atoms with Crippen LogP contribution in [0.1, 0.15) is 19.6 Å². The average molecular weight is 345 g/mol. The van der Waals surface area contributed by atoms with Crippen LogP contribution in [0.5, 0.6) is 0 Å². The van der Waals surface area contributed by atoms with Gasteiger partial charge in [0.25, 0.3) is 10.0 Å². The molecule has 0 atom stereocenters. The van der Waals surface area contributed by atoms with Gasteiger partial charge in [0.15, 0.2) is 0 Å². The van der Waals surface area contributed by atoms with E-state index < -0.39 is 10.0 Å². The standard InChI is InChI=1S/C15H27N3O4S/c1-15(2,12-18-6-8-21-9-7-18)11-17(3)10-13-4-5-14(22-13)23(16,19)20/h4-5H,6-12H2,1-3H3,(H2,16,19,20). The Morgan fingerprint density at radius 2 is 1.96 bits per heavy atom. The summed E-state index contributed by atoms with van der Waals surface area (Å²) in [4.78, 5) is 4.55. The lowest BCUT2D eigenvalue weighted by Gasteiger charge is -2.37. The van der Waals surface area contributed by atoms with Crippen molar-refractivity contribution < 1.29 is 17.6 Å². The summed E-state index contributed by atoms with van der Waals surface area (Å²) >= 11 is 0. The summed E-state index contributed by atoms with van der Waals surface area (Å²) in [7, 11) is -1.78. The van der Waals surface area contributed by atoms with Gasteiger partial charge in [-0.15, -0.1) is 0 Å². The number of nitrogens with two attached hydrogens (primary N) is 1. The molecule has 0 bridgehead atoms. The molecule has 1 aliphatic rings. The molecule has 0 radical (unpaired) electrons. The van der Waals surface area contributed by atoms with Gasteiger partial charge in [0, 0.05) is 26.2 Å². The normalized spacial score (nSPS) is 17.8. The highest BCUT2D eigenvalue weighted by molar-refractivity contribution is 7.89. The van der Waals surface area contributed by atoms with Crippen LogP contribution in [-0.4, -0.2) is 64.7 Å². The van der Waals surface area contributed by atoms with E-state index in [1.54, 1.807) is 6.07 Å². The maximum absolute atomic E-state index is 11.2. The van der Waals surface area contributed by atoms with Crippen molar-refractivity contribution in [3.8, 4) is 0 Å². The summed E-state index contributed by atoms with van der Waals surface area (Å²) in [5.41, 5.74) is 0.113. The van der Waals surface area contributed by atoms with Crippen LogP contribution in [0.4, 0.5) is 0 Å². The molecule has 2 N–H and O–H groups in total. The van der Waals surface area contributed by atoms with E-state index in [2.05, 4.69) is 23.6 Å².